The molecule has 0 bridgehead atoms. The summed E-state index contributed by atoms with van der Waals surface area (Å²) < 4.78 is 2.13. The Morgan fingerprint density at radius 2 is 1.79 bits per heavy atom. The number of aromatic nitrogens is 2. The summed E-state index contributed by atoms with van der Waals surface area (Å²) in [6.07, 6.45) is 3.90. The molecule has 3 aliphatic rings. The van der Waals surface area contributed by atoms with Crippen LogP contribution in [0, 0.1) is 0 Å². The molecule has 1 unspecified atom stereocenters. The van der Waals surface area contributed by atoms with Crippen LogP contribution in [0.25, 0.3) is 22.4 Å². The first-order chi connectivity index (χ1) is 16.1. The van der Waals surface area contributed by atoms with Gasteiger partial charge in [-0.05, 0) is 48.9 Å². The largest absolute Gasteiger partial charge is 0.322 e. The van der Waals surface area contributed by atoms with E-state index in [0.29, 0.717) is 18.5 Å². The molecule has 4 heterocycles. The third-order valence-electron chi connectivity index (χ3n) is 6.95. The van der Waals surface area contributed by atoms with Gasteiger partial charge in [0.1, 0.15) is 11.7 Å². The number of rotatable bonds is 3. The second-order valence-electron chi connectivity index (χ2n) is 8.99. The van der Waals surface area contributed by atoms with Crippen LogP contribution in [-0.4, -0.2) is 38.4 Å². The Bertz CT molecular complexity index is 1290. The molecule has 7 nitrogen and oxygen atoms in total. The van der Waals surface area contributed by atoms with Crippen molar-refractivity contribution in [2.45, 2.75) is 51.2 Å². The fraction of sp³-hybridized carbons (Fsp3) is 0.308. The highest BCUT2D eigenvalue weighted by Crippen LogP contribution is 2.38. The minimum absolute atomic E-state index is 0.154. The number of aryl methyl sites for hydroxylation is 1. The van der Waals surface area contributed by atoms with Gasteiger partial charge in [-0.2, -0.15) is 5.10 Å². The van der Waals surface area contributed by atoms with E-state index in [-0.39, 0.29) is 24.1 Å². The van der Waals surface area contributed by atoms with E-state index in [1.807, 2.05) is 36.4 Å². The molecular formula is C26H24N4O3. The van der Waals surface area contributed by atoms with Gasteiger partial charge in [0.2, 0.25) is 11.8 Å². The quantitative estimate of drug-likeness (QED) is 0.634. The van der Waals surface area contributed by atoms with E-state index >= 15 is 0 Å². The Morgan fingerprint density at radius 1 is 0.939 bits per heavy atom. The van der Waals surface area contributed by atoms with Crippen molar-refractivity contribution in [2.75, 3.05) is 0 Å². The molecule has 0 spiro atoms. The van der Waals surface area contributed by atoms with Gasteiger partial charge in [0.25, 0.3) is 5.91 Å². The second kappa shape index (κ2) is 7.69. The molecule has 1 fully saturated rings. The molecular weight excluding hydrogens is 416 g/mol. The highest BCUT2D eigenvalue weighted by molar-refractivity contribution is 6.05. The molecule has 1 saturated heterocycles. The van der Waals surface area contributed by atoms with E-state index in [1.54, 1.807) is 4.90 Å². The number of amides is 3. The summed E-state index contributed by atoms with van der Waals surface area (Å²) in [5.41, 5.74) is 7.02. The minimum atomic E-state index is -0.606. The fourth-order valence-electron chi connectivity index (χ4n) is 5.32. The Kier molecular flexibility index (Phi) is 4.64. The molecule has 1 N–H and O–H groups in total. The molecule has 0 saturated carbocycles. The van der Waals surface area contributed by atoms with Gasteiger partial charge in [0, 0.05) is 41.9 Å². The summed E-state index contributed by atoms with van der Waals surface area (Å²) in [4.78, 5) is 38.5. The number of nitrogens with one attached hydrogen (secondary N) is 1. The lowest BCUT2D eigenvalue weighted by atomic mass is 9.94. The molecule has 6 rings (SSSR count). The maximum absolute atomic E-state index is 13.1. The van der Waals surface area contributed by atoms with Crippen molar-refractivity contribution in [3.05, 3.63) is 65.4 Å². The minimum Gasteiger partial charge on any atom is -0.322 e. The van der Waals surface area contributed by atoms with E-state index in [1.165, 1.54) is 11.3 Å². The third-order valence-corrected chi connectivity index (χ3v) is 6.95. The molecule has 1 atom stereocenters. The topological polar surface area (TPSA) is 84.3 Å². The number of piperidine rings is 1. The van der Waals surface area contributed by atoms with E-state index in [4.69, 9.17) is 5.10 Å². The van der Waals surface area contributed by atoms with Gasteiger partial charge in [-0.15, -0.1) is 0 Å². The first-order valence-corrected chi connectivity index (χ1v) is 11.5. The van der Waals surface area contributed by atoms with Crippen LogP contribution in [0.3, 0.4) is 0 Å². The first-order valence-electron chi connectivity index (χ1n) is 11.5. The van der Waals surface area contributed by atoms with Crippen LogP contribution >= 0.6 is 0 Å². The number of carbonyl (C=O) groups is 3. The molecule has 0 aliphatic carbocycles. The lowest BCUT2D eigenvalue weighted by Crippen LogP contribution is -2.52. The van der Waals surface area contributed by atoms with Crippen molar-refractivity contribution in [1.29, 1.82) is 0 Å². The average Bonchev–Trinajstić information content (AvgIpc) is 3.37. The molecule has 3 aromatic rings. The lowest BCUT2D eigenvalue weighted by Gasteiger charge is -2.29. The summed E-state index contributed by atoms with van der Waals surface area (Å²) in [5.74, 6) is -0.820. The number of benzene rings is 2. The highest BCUT2D eigenvalue weighted by Gasteiger charge is 2.39. The Morgan fingerprint density at radius 3 is 2.61 bits per heavy atom. The predicted molar refractivity (Wildman–Crippen MR) is 122 cm³/mol. The monoisotopic (exact) mass is 440 g/mol. The van der Waals surface area contributed by atoms with Crippen LogP contribution in [0.5, 0.6) is 0 Å². The highest BCUT2D eigenvalue weighted by atomic mass is 16.2. The van der Waals surface area contributed by atoms with Crippen LogP contribution in [0.4, 0.5) is 0 Å². The SMILES string of the molecule is O=C1CCC(N2Cc3cc(-c4nn5c(c4-c4ccccc4)CCCC5)ccc3C2=O)C(=O)N1. The molecule has 7 heteroatoms. The fourth-order valence-corrected chi connectivity index (χ4v) is 5.32. The number of nitrogens with zero attached hydrogens (tertiary/aromatic N) is 3. The van der Waals surface area contributed by atoms with Crippen molar-refractivity contribution in [1.82, 2.24) is 20.0 Å². The van der Waals surface area contributed by atoms with Crippen molar-refractivity contribution in [2.24, 2.45) is 0 Å². The molecule has 3 aliphatic heterocycles. The normalized spacial score (nSPS) is 19.9. The van der Waals surface area contributed by atoms with Gasteiger partial charge in [-0.3, -0.25) is 24.4 Å². The molecule has 1 aromatic heterocycles. The number of fused-ring (bicyclic) bond motifs is 2. The maximum Gasteiger partial charge on any atom is 0.255 e. The van der Waals surface area contributed by atoms with Crippen molar-refractivity contribution in [3.8, 4) is 22.4 Å². The second-order valence-corrected chi connectivity index (χ2v) is 8.99. The Balaban J connectivity index is 1.39. The van der Waals surface area contributed by atoms with Crippen LogP contribution in [0.1, 0.15) is 47.3 Å². The molecule has 3 amide bonds. The Hall–Kier alpha value is -3.74. The van der Waals surface area contributed by atoms with Gasteiger partial charge in [0.05, 0.1) is 0 Å². The molecule has 33 heavy (non-hydrogen) atoms. The first kappa shape index (κ1) is 19.9. The van der Waals surface area contributed by atoms with Crippen molar-refractivity contribution in [3.63, 3.8) is 0 Å². The maximum atomic E-state index is 13.1. The summed E-state index contributed by atoms with van der Waals surface area (Å²) >= 11 is 0. The smallest absolute Gasteiger partial charge is 0.255 e. The van der Waals surface area contributed by atoms with Gasteiger partial charge >= 0.3 is 0 Å². The predicted octanol–water partition coefficient (Wildman–Crippen LogP) is 3.31. The number of hydrogen-bond donors (Lipinski definition) is 1. The van der Waals surface area contributed by atoms with Crippen molar-refractivity contribution >= 4 is 17.7 Å². The number of carbonyl (C=O) groups excluding carboxylic acids is 3. The van der Waals surface area contributed by atoms with E-state index in [0.717, 1.165) is 48.2 Å². The van der Waals surface area contributed by atoms with Crippen molar-refractivity contribution < 1.29 is 14.4 Å². The Labute approximate surface area is 191 Å². The van der Waals surface area contributed by atoms with Crippen LogP contribution in [-0.2, 0) is 29.1 Å². The zero-order valence-corrected chi connectivity index (χ0v) is 18.2. The average molecular weight is 441 g/mol. The molecule has 0 radical (unpaired) electrons. The standard InChI is InChI=1S/C26H24N4O3/c31-22-12-11-21(25(32)27-22)29-15-18-14-17(9-10-19(18)26(29)33)24-23(16-6-2-1-3-7-16)20-8-4-5-13-30(20)28-24/h1-3,6-7,9-10,14,21H,4-5,8,11-13,15H2,(H,27,31,32). The third kappa shape index (κ3) is 3.26. The van der Waals surface area contributed by atoms with Gasteiger partial charge in [0.15, 0.2) is 0 Å². The van der Waals surface area contributed by atoms with Gasteiger partial charge in [-0.25, -0.2) is 0 Å². The van der Waals surface area contributed by atoms with Gasteiger partial charge < -0.3 is 4.90 Å². The molecule has 2 aromatic carbocycles. The number of imide groups is 1. The number of hydrogen-bond acceptors (Lipinski definition) is 4. The van der Waals surface area contributed by atoms with Crippen LogP contribution < -0.4 is 5.32 Å². The van der Waals surface area contributed by atoms with Gasteiger partial charge in [-0.1, -0.05) is 36.4 Å². The summed E-state index contributed by atoms with van der Waals surface area (Å²) in [6.45, 7) is 1.28. The summed E-state index contributed by atoms with van der Waals surface area (Å²) in [6, 6.07) is 15.6. The summed E-state index contributed by atoms with van der Waals surface area (Å²) in [5, 5.41) is 7.35. The van der Waals surface area contributed by atoms with E-state index < -0.39 is 6.04 Å². The lowest BCUT2D eigenvalue weighted by molar-refractivity contribution is -0.136. The molecule has 166 valence electrons. The summed E-state index contributed by atoms with van der Waals surface area (Å²) in [7, 11) is 0. The van der Waals surface area contributed by atoms with Crippen LogP contribution in [0.15, 0.2) is 48.5 Å². The van der Waals surface area contributed by atoms with E-state index in [2.05, 4.69) is 22.1 Å². The van der Waals surface area contributed by atoms with Crippen LogP contribution in [0.2, 0.25) is 0 Å². The zero-order chi connectivity index (χ0) is 22.5. The van der Waals surface area contributed by atoms with E-state index in [9.17, 15) is 14.4 Å². The zero-order valence-electron chi connectivity index (χ0n) is 18.2.